The zero-order valence-electron chi connectivity index (χ0n) is 9.83. The van der Waals surface area contributed by atoms with Gasteiger partial charge >= 0.3 is 0 Å². The summed E-state index contributed by atoms with van der Waals surface area (Å²) in [4.78, 5) is 12.4. The maximum absolute atomic E-state index is 12.9. The van der Waals surface area contributed by atoms with Gasteiger partial charge in [-0.1, -0.05) is 6.07 Å². The highest BCUT2D eigenvalue weighted by molar-refractivity contribution is 5.91. The number of hydrogen-bond acceptors (Lipinski definition) is 2. The van der Waals surface area contributed by atoms with Crippen LogP contribution in [0.25, 0.3) is 0 Å². The Bertz CT molecular complexity index is 442. The van der Waals surface area contributed by atoms with Crippen LogP contribution in [0.3, 0.4) is 0 Å². The fourth-order valence-electron chi connectivity index (χ4n) is 1.29. The number of hydrogen-bond donors (Lipinski definition) is 2. The Kier molecular flexibility index (Phi) is 4.61. The van der Waals surface area contributed by atoms with Gasteiger partial charge in [-0.05, 0) is 18.2 Å². The smallest absolute Gasteiger partial charge is 0.279 e. The molecule has 0 spiro atoms. The molecule has 0 aliphatic rings. The van der Waals surface area contributed by atoms with Crippen LogP contribution in [0.2, 0.25) is 0 Å². The molecule has 0 saturated heterocycles. The van der Waals surface area contributed by atoms with Crippen molar-refractivity contribution in [3.8, 4) is 6.07 Å². The summed E-state index contributed by atoms with van der Waals surface area (Å²) >= 11 is 0. The Morgan fingerprint density at radius 2 is 2.35 bits per heavy atom. The summed E-state index contributed by atoms with van der Waals surface area (Å²) in [6.45, 7) is 1.91. The Balaban J connectivity index is 2.53. The van der Waals surface area contributed by atoms with Gasteiger partial charge in [0.05, 0.1) is 7.05 Å². The van der Waals surface area contributed by atoms with Gasteiger partial charge < -0.3 is 10.2 Å². The van der Waals surface area contributed by atoms with Crippen LogP contribution in [0.5, 0.6) is 0 Å². The molecule has 1 aromatic rings. The summed E-state index contributed by atoms with van der Waals surface area (Å²) in [5, 5.41) is 11.3. The van der Waals surface area contributed by atoms with Crippen LogP contribution in [-0.4, -0.2) is 25.5 Å². The summed E-state index contributed by atoms with van der Waals surface area (Å²) in [7, 11) is 1.76. The number of rotatable bonds is 4. The number of nitrogens with zero attached hydrogens (tertiary/aromatic N) is 1. The molecule has 2 N–H and O–H groups in total. The third kappa shape index (κ3) is 4.21. The molecular formula is C12H15FN3O+. The van der Waals surface area contributed by atoms with Crippen molar-refractivity contribution >= 4 is 11.6 Å². The number of likely N-dealkylation sites (N-methyl/N-ethyl adjacent to an activating group) is 1. The predicted octanol–water partition coefficient (Wildman–Crippen LogP) is 0.191. The second-order valence-corrected chi connectivity index (χ2v) is 3.93. The van der Waals surface area contributed by atoms with E-state index < -0.39 is 5.82 Å². The second kappa shape index (κ2) is 5.97. The van der Waals surface area contributed by atoms with E-state index in [9.17, 15) is 9.18 Å². The fraction of sp³-hybridized carbons (Fsp3) is 0.333. The van der Waals surface area contributed by atoms with Gasteiger partial charge in [0.1, 0.15) is 11.9 Å². The monoisotopic (exact) mass is 236 g/mol. The molecule has 1 amide bonds. The van der Waals surface area contributed by atoms with Crippen molar-refractivity contribution in [1.82, 2.24) is 0 Å². The summed E-state index contributed by atoms with van der Waals surface area (Å²) in [5.41, 5.74) is 0.424. The number of carbonyl (C=O) groups excluding carboxylic acids is 1. The quantitative estimate of drug-likeness (QED) is 0.784. The van der Waals surface area contributed by atoms with E-state index in [-0.39, 0.29) is 18.5 Å². The maximum atomic E-state index is 12.9. The van der Waals surface area contributed by atoms with E-state index in [1.807, 2.05) is 0 Å². The molecule has 0 aromatic heterocycles. The van der Waals surface area contributed by atoms with E-state index in [1.165, 1.54) is 18.2 Å². The lowest BCUT2D eigenvalue weighted by atomic mass is 10.3. The number of halogens is 1. The van der Waals surface area contributed by atoms with Gasteiger partial charge in [-0.2, -0.15) is 5.26 Å². The van der Waals surface area contributed by atoms with Gasteiger partial charge in [-0.25, -0.2) is 4.39 Å². The summed E-state index contributed by atoms with van der Waals surface area (Å²) in [6.07, 6.45) is 0. The Morgan fingerprint density at radius 3 is 2.94 bits per heavy atom. The first-order chi connectivity index (χ1) is 8.02. The fourth-order valence-corrected chi connectivity index (χ4v) is 1.29. The lowest BCUT2D eigenvalue weighted by molar-refractivity contribution is -0.886. The summed E-state index contributed by atoms with van der Waals surface area (Å²) in [6, 6.07) is 7.51. The molecule has 0 heterocycles. The first-order valence-corrected chi connectivity index (χ1v) is 5.30. The Morgan fingerprint density at radius 1 is 1.65 bits per heavy atom. The average molecular weight is 236 g/mol. The van der Waals surface area contributed by atoms with Crippen LogP contribution < -0.4 is 10.2 Å². The zero-order valence-corrected chi connectivity index (χ0v) is 9.83. The van der Waals surface area contributed by atoms with Gasteiger partial charge in [-0.15, -0.1) is 0 Å². The molecule has 5 heteroatoms. The number of nitriles is 1. The zero-order chi connectivity index (χ0) is 12.8. The average Bonchev–Trinajstić information content (AvgIpc) is 2.27. The van der Waals surface area contributed by atoms with Gasteiger partial charge in [0.15, 0.2) is 12.6 Å². The van der Waals surface area contributed by atoms with Crippen molar-refractivity contribution in [2.75, 3.05) is 18.9 Å². The molecule has 17 heavy (non-hydrogen) atoms. The first kappa shape index (κ1) is 13.1. The van der Waals surface area contributed by atoms with E-state index in [0.717, 1.165) is 4.90 Å². The minimum Gasteiger partial charge on any atom is -0.321 e. The highest BCUT2D eigenvalue weighted by atomic mass is 19.1. The highest BCUT2D eigenvalue weighted by Gasteiger charge is 2.15. The molecule has 2 atom stereocenters. The van der Waals surface area contributed by atoms with Crippen molar-refractivity contribution in [2.24, 2.45) is 0 Å². The molecule has 0 saturated carbocycles. The van der Waals surface area contributed by atoms with Crippen LogP contribution in [0.4, 0.5) is 10.1 Å². The largest absolute Gasteiger partial charge is 0.321 e. The third-order valence-corrected chi connectivity index (χ3v) is 2.48. The van der Waals surface area contributed by atoms with E-state index in [0.29, 0.717) is 5.69 Å². The van der Waals surface area contributed by atoms with Crippen LogP contribution in [0.15, 0.2) is 24.3 Å². The molecule has 0 aliphatic carbocycles. The van der Waals surface area contributed by atoms with E-state index in [4.69, 9.17) is 5.26 Å². The molecule has 0 bridgehead atoms. The molecular weight excluding hydrogens is 221 g/mol. The van der Waals surface area contributed by atoms with E-state index >= 15 is 0 Å². The number of nitrogens with one attached hydrogen (secondary N) is 2. The van der Waals surface area contributed by atoms with Crippen LogP contribution in [-0.2, 0) is 4.79 Å². The van der Waals surface area contributed by atoms with Crippen LogP contribution in [0, 0.1) is 17.1 Å². The molecule has 0 aliphatic heterocycles. The molecule has 0 fully saturated rings. The van der Waals surface area contributed by atoms with Gasteiger partial charge in [-0.3, -0.25) is 4.79 Å². The predicted molar refractivity (Wildman–Crippen MR) is 61.9 cm³/mol. The first-order valence-electron chi connectivity index (χ1n) is 5.30. The van der Waals surface area contributed by atoms with E-state index in [1.54, 1.807) is 20.0 Å². The molecule has 4 nitrogen and oxygen atoms in total. The molecule has 0 radical (unpaired) electrons. The minimum absolute atomic E-state index is 0.172. The topological polar surface area (TPSA) is 57.3 Å². The Labute approximate surface area is 99.7 Å². The standard InChI is InChI=1S/C12H14FN3O/c1-9(7-14)16(2)8-12(17)15-11-5-3-4-10(13)6-11/h3-6,9H,8H2,1-2H3,(H,15,17)/p+1/t9-/m1/s1. The van der Waals surface area contributed by atoms with Crippen molar-refractivity contribution in [2.45, 2.75) is 13.0 Å². The number of carbonyl (C=O) groups is 1. The molecule has 1 unspecified atom stereocenters. The number of amides is 1. The third-order valence-electron chi connectivity index (χ3n) is 2.48. The number of benzene rings is 1. The molecule has 1 aromatic carbocycles. The van der Waals surface area contributed by atoms with Crippen LogP contribution in [0.1, 0.15) is 6.92 Å². The number of anilines is 1. The van der Waals surface area contributed by atoms with Gasteiger partial charge in [0, 0.05) is 12.6 Å². The molecule has 1 rings (SSSR count). The lowest BCUT2D eigenvalue weighted by Gasteiger charge is -2.15. The van der Waals surface area contributed by atoms with Crippen molar-refractivity contribution in [1.29, 1.82) is 5.26 Å². The van der Waals surface area contributed by atoms with Crippen molar-refractivity contribution < 1.29 is 14.1 Å². The van der Waals surface area contributed by atoms with Gasteiger partial charge in [0.25, 0.3) is 5.91 Å². The maximum Gasteiger partial charge on any atom is 0.279 e. The van der Waals surface area contributed by atoms with Crippen LogP contribution >= 0.6 is 0 Å². The van der Waals surface area contributed by atoms with Crippen molar-refractivity contribution in [3.05, 3.63) is 30.1 Å². The normalized spacial score (nSPS) is 13.5. The number of quaternary nitrogens is 1. The Hall–Kier alpha value is -1.93. The highest BCUT2D eigenvalue weighted by Crippen LogP contribution is 2.08. The van der Waals surface area contributed by atoms with Crippen molar-refractivity contribution in [3.63, 3.8) is 0 Å². The SMILES string of the molecule is C[C@H](C#N)[NH+](C)CC(=O)Nc1cccc(F)c1. The van der Waals surface area contributed by atoms with E-state index in [2.05, 4.69) is 11.4 Å². The summed E-state index contributed by atoms with van der Waals surface area (Å²) in [5.74, 6) is -0.635. The summed E-state index contributed by atoms with van der Waals surface area (Å²) < 4.78 is 12.9. The lowest BCUT2D eigenvalue weighted by Crippen LogP contribution is -3.13. The minimum atomic E-state index is -0.395. The second-order valence-electron chi connectivity index (χ2n) is 3.93. The van der Waals surface area contributed by atoms with Gasteiger partial charge in [0.2, 0.25) is 0 Å². The molecule has 90 valence electrons.